The third-order valence-corrected chi connectivity index (χ3v) is 3.72. The van der Waals surface area contributed by atoms with Crippen LogP contribution in [0.2, 0.25) is 0 Å². The van der Waals surface area contributed by atoms with E-state index in [1.807, 2.05) is 18.7 Å². The Morgan fingerprint density at radius 1 is 1.24 bits per heavy atom. The Balaban J connectivity index is 2.37. The van der Waals surface area contributed by atoms with Gasteiger partial charge in [0.25, 0.3) is 0 Å². The van der Waals surface area contributed by atoms with Crippen molar-refractivity contribution in [1.29, 1.82) is 0 Å². The topological polar surface area (TPSA) is 41.0 Å². The van der Waals surface area contributed by atoms with E-state index < -0.39 is 12.0 Å². The second kappa shape index (κ2) is 6.49. The Kier molecular flexibility index (Phi) is 4.90. The molecule has 118 valence electrons. The Bertz CT molecular complexity index is 470. The van der Waals surface area contributed by atoms with E-state index in [1.165, 1.54) is 0 Å². The average molecular weight is 302 g/mol. The lowest BCUT2D eigenvalue weighted by Crippen LogP contribution is -2.34. The minimum absolute atomic E-state index is 0.228. The number of rotatable bonds is 5. The van der Waals surface area contributed by atoms with Crippen molar-refractivity contribution in [2.45, 2.75) is 51.7 Å². The summed E-state index contributed by atoms with van der Waals surface area (Å²) in [5, 5.41) is 2.85. The average Bonchev–Trinajstić information content (AvgIpc) is 2.93. The fraction of sp³-hybridized carbons (Fsp3) is 0.714. The lowest BCUT2D eigenvalue weighted by Gasteiger charge is -2.29. The lowest BCUT2D eigenvalue weighted by atomic mass is 10.2. The summed E-state index contributed by atoms with van der Waals surface area (Å²) in [6.45, 7) is 4.93. The van der Waals surface area contributed by atoms with Crippen LogP contribution in [0.5, 0.6) is 0 Å². The number of hydrogen-bond acceptors (Lipinski definition) is 4. The van der Waals surface area contributed by atoms with Crippen LogP contribution in [0.25, 0.3) is 0 Å². The molecule has 0 unspecified atom stereocenters. The van der Waals surface area contributed by atoms with E-state index in [9.17, 15) is 13.2 Å². The monoisotopic (exact) mass is 302 g/mol. The van der Waals surface area contributed by atoms with Crippen LogP contribution in [0.15, 0.2) is 6.07 Å². The first kappa shape index (κ1) is 15.9. The predicted molar refractivity (Wildman–Crippen MR) is 76.5 cm³/mol. The first-order valence-corrected chi connectivity index (χ1v) is 7.42. The van der Waals surface area contributed by atoms with Gasteiger partial charge in [0.2, 0.25) is 5.82 Å². The first-order chi connectivity index (χ1) is 9.95. The van der Waals surface area contributed by atoms with Gasteiger partial charge in [-0.25, -0.2) is 9.97 Å². The molecule has 0 saturated heterocycles. The van der Waals surface area contributed by atoms with Gasteiger partial charge in [-0.05, 0) is 26.7 Å². The molecule has 1 N–H and O–H groups in total. The van der Waals surface area contributed by atoms with Crippen LogP contribution in [0.3, 0.4) is 0 Å². The lowest BCUT2D eigenvalue weighted by molar-refractivity contribution is -0.144. The molecule has 2 rings (SSSR count). The molecule has 1 aromatic rings. The van der Waals surface area contributed by atoms with Crippen molar-refractivity contribution in [2.24, 2.45) is 0 Å². The molecule has 1 aliphatic carbocycles. The highest BCUT2D eigenvalue weighted by molar-refractivity contribution is 5.50. The summed E-state index contributed by atoms with van der Waals surface area (Å²) < 4.78 is 38.9. The number of aromatic nitrogens is 2. The molecule has 0 amide bonds. The summed E-state index contributed by atoms with van der Waals surface area (Å²) in [7, 11) is 0. The zero-order valence-electron chi connectivity index (χ0n) is 12.4. The normalized spacial score (nSPS) is 16.2. The van der Waals surface area contributed by atoms with E-state index in [0.717, 1.165) is 25.7 Å². The van der Waals surface area contributed by atoms with E-state index >= 15 is 0 Å². The Labute approximate surface area is 122 Å². The van der Waals surface area contributed by atoms with Gasteiger partial charge < -0.3 is 10.2 Å². The quantitative estimate of drug-likeness (QED) is 0.900. The summed E-state index contributed by atoms with van der Waals surface area (Å²) in [6, 6.07) is 1.89. The fourth-order valence-corrected chi connectivity index (χ4v) is 2.80. The third-order valence-electron chi connectivity index (χ3n) is 3.72. The van der Waals surface area contributed by atoms with Crippen molar-refractivity contribution in [3.05, 3.63) is 11.9 Å². The molecular formula is C14H21F3N4. The van der Waals surface area contributed by atoms with Gasteiger partial charge in [0.15, 0.2) is 0 Å². The van der Waals surface area contributed by atoms with E-state index in [2.05, 4.69) is 15.3 Å². The molecule has 1 aliphatic rings. The van der Waals surface area contributed by atoms with Crippen molar-refractivity contribution in [2.75, 3.05) is 23.3 Å². The van der Waals surface area contributed by atoms with Crippen molar-refractivity contribution in [1.82, 2.24) is 9.97 Å². The summed E-state index contributed by atoms with van der Waals surface area (Å²) in [5.74, 6) is -0.485. The van der Waals surface area contributed by atoms with Gasteiger partial charge >= 0.3 is 6.18 Å². The van der Waals surface area contributed by atoms with E-state index in [0.29, 0.717) is 18.9 Å². The maximum Gasteiger partial charge on any atom is 0.451 e. The molecule has 7 heteroatoms. The molecule has 0 atom stereocenters. The molecule has 0 bridgehead atoms. The molecule has 0 aromatic carbocycles. The highest BCUT2D eigenvalue weighted by atomic mass is 19.4. The predicted octanol–water partition coefficient (Wildman–Crippen LogP) is 3.70. The largest absolute Gasteiger partial charge is 0.451 e. The summed E-state index contributed by atoms with van der Waals surface area (Å²) in [6.07, 6.45) is -0.266. The Hall–Kier alpha value is -1.53. The van der Waals surface area contributed by atoms with Gasteiger partial charge in [-0.15, -0.1) is 0 Å². The molecular weight excluding hydrogens is 281 g/mol. The number of anilines is 2. The van der Waals surface area contributed by atoms with Crippen LogP contribution in [0.1, 0.15) is 45.4 Å². The van der Waals surface area contributed by atoms with Crippen molar-refractivity contribution >= 4 is 11.6 Å². The van der Waals surface area contributed by atoms with Gasteiger partial charge in [-0.2, -0.15) is 13.2 Å². The second-order valence-electron chi connectivity index (χ2n) is 5.19. The van der Waals surface area contributed by atoms with Crippen molar-refractivity contribution in [3.8, 4) is 0 Å². The minimum atomic E-state index is -4.53. The number of nitrogens with zero attached hydrogens (tertiary/aromatic N) is 3. The minimum Gasteiger partial charge on any atom is -0.370 e. The summed E-state index contributed by atoms with van der Waals surface area (Å²) in [4.78, 5) is 9.28. The SMILES string of the molecule is CCNc1cc(N(CC)C2CCCC2)nc(C(F)(F)F)n1. The Morgan fingerprint density at radius 2 is 1.90 bits per heavy atom. The van der Waals surface area contributed by atoms with Crippen molar-refractivity contribution < 1.29 is 13.2 Å². The summed E-state index contributed by atoms with van der Waals surface area (Å²) in [5.41, 5.74) is 0. The zero-order chi connectivity index (χ0) is 15.5. The molecule has 1 fully saturated rings. The number of alkyl halides is 3. The second-order valence-corrected chi connectivity index (χ2v) is 5.19. The maximum atomic E-state index is 13.0. The molecule has 1 aromatic heterocycles. The van der Waals surface area contributed by atoms with Gasteiger partial charge in [0.1, 0.15) is 11.6 Å². The molecule has 4 nitrogen and oxygen atoms in total. The summed E-state index contributed by atoms with van der Waals surface area (Å²) >= 11 is 0. The fourth-order valence-electron chi connectivity index (χ4n) is 2.80. The van der Waals surface area contributed by atoms with Crippen LogP contribution in [-0.2, 0) is 6.18 Å². The van der Waals surface area contributed by atoms with Crippen LogP contribution < -0.4 is 10.2 Å². The first-order valence-electron chi connectivity index (χ1n) is 7.42. The molecule has 1 saturated carbocycles. The van der Waals surface area contributed by atoms with Gasteiger partial charge in [-0.3, -0.25) is 0 Å². The molecule has 1 heterocycles. The van der Waals surface area contributed by atoms with Crippen molar-refractivity contribution in [3.63, 3.8) is 0 Å². The molecule has 0 spiro atoms. The van der Waals surface area contributed by atoms with E-state index in [1.54, 1.807) is 6.07 Å². The van der Waals surface area contributed by atoms with Gasteiger partial charge in [-0.1, -0.05) is 12.8 Å². The highest BCUT2D eigenvalue weighted by Crippen LogP contribution is 2.32. The molecule has 21 heavy (non-hydrogen) atoms. The van der Waals surface area contributed by atoms with Crippen LogP contribution in [-0.4, -0.2) is 29.1 Å². The number of nitrogens with one attached hydrogen (secondary N) is 1. The zero-order valence-corrected chi connectivity index (χ0v) is 12.4. The van der Waals surface area contributed by atoms with Gasteiger partial charge in [0.05, 0.1) is 0 Å². The number of hydrogen-bond donors (Lipinski definition) is 1. The smallest absolute Gasteiger partial charge is 0.370 e. The maximum absolute atomic E-state index is 13.0. The number of halogens is 3. The standard InChI is InChI=1S/C14H21F3N4/c1-3-18-11-9-12(20-13(19-11)14(15,16)17)21(4-2)10-7-5-6-8-10/h9-10H,3-8H2,1-2H3,(H,18,19,20). The van der Waals surface area contributed by atoms with Gasteiger partial charge in [0, 0.05) is 25.2 Å². The van der Waals surface area contributed by atoms with Crippen LogP contribution in [0, 0.1) is 0 Å². The van der Waals surface area contributed by atoms with Crippen LogP contribution >= 0.6 is 0 Å². The Morgan fingerprint density at radius 3 is 2.43 bits per heavy atom. The molecule has 0 radical (unpaired) electrons. The molecule has 0 aliphatic heterocycles. The van der Waals surface area contributed by atoms with E-state index in [4.69, 9.17) is 0 Å². The third kappa shape index (κ3) is 3.77. The van der Waals surface area contributed by atoms with E-state index in [-0.39, 0.29) is 11.9 Å². The highest BCUT2D eigenvalue weighted by Gasteiger charge is 2.36. The van der Waals surface area contributed by atoms with Crippen LogP contribution in [0.4, 0.5) is 24.8 Å².